The van der Waals surface area contributed by atoms with E-state index < -0.39 is 0 Å². The molecule has 0 atom stereocenters. The van der Waals surface area contributed by atoms with Crippen molar-refractivity contribution >= 4 is 29.9 Å². The molecule has 3 rings (SSSR count). The van der Waals surface area contributed by atoms with Crippen LogP contribution in [0.2, 0.25) is 0 Å². The lowest BCUT2D eigenvalue weighted by atomic mass is 9.79. The molecule has 0 radical (unpaired) electrons. The molecule has 0 unspecified atom stereocenters. The Kier molecular flexibility index (Phi) is 10.7. The molecule has 1 aliphatic carbocycles. The van der Waals surface area contributed by atoms with Crippen LogP contribution in [0.3, 0.4) is 0 Å². The molecule has 0 bridgehead atoms. The lowest BCUT2D eigenvalue weighted by Crippen LogP contribution is -2.41. The fourth-order valence-electron chi connectivity index (χ4n) is 4.61. The molecule has 0 aromatic heterocycles. The third-order valence-electron chi connectivity index (χ3n) is 6.33. The van der Waals surface area contributed by atoms with E-state index in [-0.39, 0.29) is 35.5 Å². The van der Waals surface area contributed by atoms with Crippen LogP contribution in [-0.2, 0) is 5.41 Å². The number of halogens is 1. The summed E-state index contributed by atoms with van der Waals surface area (Å²) in [5.41, 5.74) is 1.65. The van der Waals surface area contributed by atoms with E-state index >= 15 is 0 Å². The second-order valence-electron chi connectivity index (χ2n) is 8.40. The molecule has 2 fully saturated rings. The van der Waals surface area contributed by atoms with E-state index in [4.69, 9.17) is 4.99 Å². The Balaban J connectivity index is 0.00000300. The lowest BCUT2D eigenvalue weighted by molar-refractivity contribution is 0.0823. The van der Waals surface area contributed by atoms with Crippen LogP contribution in [0, 0.1) is 0 Å². The molecule has 1 aliphatic heterocycles. The first-order valence-electron chi connectivity index (χ1n) is 11.2. The minimum absolute atomic E-state index is 0. The molecule has 1 aromatic carbocycles. The number of benzene rings is 1. The quantitative estimate of drug-likeness (QED) is 0.215. The van der Waals surface area contributed by atoms with Gasteiger partial charge in [0, 0.05) is 31.6 Å². The molecular weight excluding hydrogens is 475 g/mol. The maximum Gasteiger partial charge on any atom is 0.191 e. The topological polar surface area (TPSA) is 59.9 Å². The van der Waals surface area contributed by atoms with Crippen molar-refractivity contribution in [3.63, 3.8) is 0 Å². The van der Waals surface area contributed by atoms with Gasteiger partial charge in [-0.05, 0) is 51.1 Å². The van der Waals surface area contributed by atoms with E-state index in [1.54, 1.807) is 0 Å². The third-order valence-corrected chi connectivity index (χ3v) is 6.33. The van der Waals surface area contributed by atoms with Gasteiger partial charge in [-0.3, -0.25) is 4.99 Å². The maximum atomic E-state index is 9.62. The van der Waals surface area contributed by atoms with Gasteiger partial charge in [0.05, 0.1) is 12.6 Å². The normalized spacial score (nSPS) is 20.3. The van der Waals surface area contributed by atoms with Gasteiger partial charge >= 0.3 is 0 Å². The molecule has 1 aromatic rings. The molecule has 1 saturated carbocycles. The van der Waals surface area contributed by atoms with Crippen molar-refractivity contribution in [3.8, 4) is 0 Å². The number of hydrogen-bond acceptors (Lipinski definition) is 3. The van der Waals surface area contributed by atoms with Crippen LogP contribution < -0.4 is 10.6 Å². The average Bonchev–Trinajstić information content (AvgIpc) is 3.21. The molecule has 1 saturated heterocycles. The predicted octanol–water partition coefficient (Wildman–Crippen LogP) is 3.52. The van der Waals surface area contributed by atoms with Gasteiger partial charge in [-0.15, -0.1) is 24.0 Å². The summed E-state index contributed by atoms with van der Waals surface area (Å²) in [6.45, 7) is 7.93. The lowest BCUT2D eigenvalue weighted by Gasteiger charge is -2.29. The van der Waals surface area contributed by atoms with Gasteiger partial charge in [0.25, 0.3) is 0 Å². The fraction of sp³-hybridized carbons (Fsp3) is 0.696. The number of nitrogens with zero attached hydrogens (tertiary/aromatic N) is 2. The highest BCUT2D eigenvalue weighted by Gasteiger charge is 2.35. The molecule has 3 N–H and O–H groups in total. The number of hydrogen-bond donors (Lipinski definition) is 3. The second-order valence-corrected chi connectivity index (χ2v) is 8.40. The average molecular weight is 514 g/mol. The van der Waals surface area contributed by atoms with Crippen LogP contribution >= 0.6 is 24.0 Å². The molecule has 29 heavy (non-hydrogen) atoms. The first kappa shape index (κ1) is 24.4. The zero-order chi connectivity index (χ0) is 19.7. The SMILES string of the molecule is CCNC(=NCC1(c2ccccc2)CCCC1)NCCCN1CCC(O)CC1.I. The standard InChI is InChI=1S/C23H38N4O.HI/c1-2-24-22(25-15-8-16-27-17-11-21(28)12-18-27)26-19-23(13-6-7-14-23)20-9-4-3-5-10-20;/h3-5,9-10,21,28H,2,6-8,11-19H2,1H3,(H2,24,25,26);1H. The Morgan fingerprint density at radius 2 is 1.83 bits per heavy atom. The zero-order valence-electron chi connectivity index (χ0n) is 17.9. The van der Waals surface area contributed by atoms with E-state index in [1.807, 2.05) is 0 Å². The molecule has 164 valence electrons. The highest BCUT2D eigenvalue weighted by Crippen LogP contribution is 2.41. The predicted molar refractivity (Wildman–Crippen MR) is 132 cm³/mol. The number of piperidine rings is 1. The number of aliphatic hydroxyl groups is 1. The third kappa shape index (κ3) is 7.40. The van der Waals surface area contributed by atoms with Crippen LogP contribution in [0.5, 0.6) is 0 Å². The summed E-state index contributed by atoms with van der Waals surface area (Å²) in [5.74, 6) is 0.943. The highest BCUT2D eigenvalue weighted by atomic mass is 127. The summed E-state index contributed by atoms with van der Waals surface area (Å²) >= 11 is 0. The van der Waals surface area contributed by atoms with Gasteiger partial charge < -0.3 is 20.6 Å². The molecule has 0 amide bonds. The smallest absolute Gasteiger partial charge is 0.191 e. The molecule has 6 heteroatoms. The second kappa shape index (κ2) is 12.7. The Morgan fingerprint density at radius 1 is 1.14 bits per heavy atom. The Labute approximate surface area is 193 Å². The molecule has 0 spiro atoms. The molecule has 2 aliphatic rings. The summed E-state index contributed by atoms with van der Waals surface area (Å²) in [5, 5.41) is 16.6. The zero-order valence-corrected chi connectivity index (χ0v) is 20.2. The minimum Gasteiger partial charge on any atom is -0.393 e. The fourth-order valence-corrected chi connectivity index (χ4v) is 4.61. The summed E-state index contributed by atoms with van der Waals surface area (Å²) in [6, 6.07) is 11.0. The number of aliphatic imine (C=N–C) groups is 1. The van der Waals surface area contributed by atoms with Gasteiger partial charge in [-0.1, -0.05) is 43.2 Å². The monoisotopic (exact) mass is 514 g/mol. The number of rotatable bonds is 8. The van der Waals surface area contributed by atoms with E-state index in [0.29, 0.717) is 0 Å². The number of aliphatic hydroxyl groups excluding tert-OH is 1. The highest BCUT2D eigenvalue weighted by molar-refractivity contribution is 14.0. The van der Waals surface area contributed by atoms with Crippen molar-refractivity contribution in [3.05, 3.63) is 35.9 Å². The molecule has 5 nitrogen and oxygen atoms in total. The van der Waals surface area contributed by atoms with Gasteiger partial charge in [0.15, 0.2) is 5.96 Å². The van der Waals surface area contributed by atoms with Crippen molar-refractivity contribution in [2.45, 2.75) is 63.4 Å². The van der Waals surface area contributed by atoms with Crippen molar-refractivity contribution in [2.24, 2.45) is 4.99 Å². The van der Waals surface area contributed by atoms with Gasteiger partial charge in [0.1, 0.15) is 0 Å². The van der Waals surface area contributed by atoms with Gasteiger partial charge in [0.2, 0.25) is 0 Å². The van der Waals surface area contributed by atoms with Crippen LogP contribution in [0.15, 0.2) is 35.3 Å². The maximum absolute atomic E-state index is 9.62. The summed E-state index contributed by atoms with van der Waals surface area (Å²) in [6.07, 6.45) is 7.93. The first-order chi connectivity index (χ1) is 13.7. The molecular formula is C23H39IN4O. The minimum atomic E-state index is -0.0885. The van der Waals surface area contributed by atoms with Crippen LogP contribution in [0.25, 0.3) is 0 Å². The number of nitrogens with one attached hydrogen (secondary N) is 2. The van der Waals surface area contributed by atoms with Gasteiger partial charge in [-0.2, -0.15) is 0 Å². The Morgan fingerprint density at radius 3 is 2.48 bits per heavy atom. The van der Waals surface area contributed by atoms with E-state index in [9.17, 15) is 5.11 Å². The Hall–Kier alpha value is -0.860. The number of guanidine groups is 1. The van der Waals surface area contributed by atoms with Crippen molar-refractivity contribution < 1.29 is 5.11 Å². The molecule has 1 heterocycles. The number of likely N-dealkylation sites (tertiary alicyclic amines) is 1. The van der Waals surface area contributed by atoms with Crippen LogP contribution in [0.4, 0.5) is 0 Å². The van der Waals surface area contributed by atoms with Crippen molar-refractivity contribution in [2.75, 3.05) is 39.3 Å². The van der Waals surface area contributed by atoms with Crippen LogP contribution in [0.1, 0.15) is 57.4 Å². The van der Waals surface area contributed by atoms with Gasteiger partial charge in [-0.25, -0.2) is 0 Å². The summed E-state index contributed by atoms with van der Waals surface area (Å²) in [4.78, 5) is 7.45. The van der Waals surface area contributed by atoms with E-state index in [1.165, 1.54) is 31.2 Å². The van der Waals surface area contributed by atoms with E-state index in [2.05, 4.69) is 52.8 Å². The van der Waals surface area contributed by atoms with Crippen molar-refractivity contribution in [1.82, 2.24) is 15.5 Å². The van der Waals surface area contributed by atoms with Crippen LogP contribution in [-0.4, -0.2) is 61.3 Å². The first-order valence-corrected chi connectivity index (χ1v) is 11.2. The Bertz CT molecular complexity index is 596. The van der Waals surface area contributed by atoms with Crippen molar-refractivity contribution in [1.29, 1.82) is 0 Å². The van der Waals surface area contributed by atoms with E-state index in [0.717, 1.165) is 64.5 Å². The largest absolute Gasteiger partial charge is 0.393 e. The summed E-state index contributed by atoms with van der Waals surface area (Å²) < 4.78 is 0. The summed E-state index contributed by atoms with van der Waals surface area (Å²) in [7, 11) is 0.